The molecule has 2 aliphatic rings. The molecule has 0 radical (unpaired) electrons. The van der Waals surface area contributed by atoms with Crippen LogP contribution in [0.3, 0.4) is 0 Å². The van der Waals surface area contributed by atoms with Crippen molar-refractivity contribution < 1.29 is 0 Å². The minimum Gasteiger partial charge on any atom is -0.301 e. The second-order valence-electron chi connectivity index (χ2n) is 8.23. The van der Waals surface area contributed by atoms with Crippen LogP contribution in [0.15, 0.2) is 79.3 Å². The highest BCUT2D eigenvalue weighted by atomic mass is 32.1. The second-order valence-corrected chi connectivity index (χ2v) is 9.31. The lowest BCUT2D eigenvalue weighted by molar-refractivity contribution is 1.01. The summed E-state index contributed by atoms with van der Waals surface area (Å²) in [6.07, 6.45) is 15.0. The molecule has 32 heavy (non-hydrogen) atoms. The maximum Gasteiger partial charge on any atom is 0.137 e. The van der Waals surface area contributed by atoms with Gasteiger partial charge in [-0.05, 0) is 77.9 Å². The second kappa shape index (κ2) is 6.87. The van der Waals surface area contributed by atoms with Crippen molar-refractivity contribution in [2.45, 2.75) is 12.8 Å². The topological polar surface area (TPSA) is 29.0 Å². The molecular weight excluding hydrogens is 410 g/mol. The van der Waals surface area contributed by atoms with Crippen LogP contribution in [-0.2, 0) is 6.42 Å². The Labute approximate surface area is 190 Å². The van der Waals surface area contributed by atoms with Crippen LogP contribution in [0, 0.1) is 0 Å². The summed E-state index contributed by atoms with van der Waals surface area (Å²) in [5, 5.41) is 4.03. The van der Waals surface area contributed by atoms with Crippen LogP contribution >= 0.6 is 11.3 Å². The third kappa shape index (κ3) is 2.60. The van der Waals surface area contributed by atoms with Crippen molar-refractivity contribution in [2.75, 3.05) is 4.90 Å². The Morgan fingerprint density at radius 1 is 0.906 bits per heavy atom. The molecular formula is C28H19N3S. The predicted molar refractivity (Wildman–Crippen MR) is 135 cm³/mol. The zero-order chi connectivity index (χ0) is 21.1. The van der Waals surface area contributed by atoms with Gasteiger partial charge in [0, 0.05) is 44.5 Å². The van der Waals surface area contributed by atoms with Gasteiger partial charge in [-0.25, -0.2) is 4.98 Å². The zero-order valence-electron chi connectivity index (χ0n) is 17.3. The van der Waals surface area contributed by atoms with Crippen LogP contribution < -0.4 is 4.90 Å². The standard InChI is InChI=1S/C28H19N3S/c1-2-10-24-20(7-1)28-21-13-15-31(23-9-5-6-18(27(21)23)16-25(28)32-24)26-12-11-19(17-30-26)22-8-3-4-14-29-22/h2-6,8-17H,1,7H2. The van der Waals surface area contributed by atoms with Crippen molar-refractivity contribution >= 4 is 55.9 Å². The Hall–Kier alpha value is -3.76. The number of thiophene rings is 1. The van der Waals surface area contributed by atoms with Gasteiger partial charge < -0.3 is 4.90 Å². The summed E-state index contributed by atoms with van der Waals surface area (Å²) in [5.41, 5.74) is 6.00. The van der Waals surface area contributed by atoms with Gasteiger partial charge in [-0.15, -0.1) is 11.3 Å². The lowest BCUT2D eigenvalue weighted by Gasteiger charge is -2.26. The maximum absolute atomic E-state index is 4.79. The van der Waals surface area contributed by atoms with Gasteiger partial charge in [0.25, 0.3) is 0 Å². The summed E-state index contributed by atoms with van der Waals surface area (Å²) in [6.45, 7) is 0. The largest absolute Gasteiger partial charge is 0.301 e. The van der Waals surface area contributed by atoms with Crippen molar-refractivity contribution in [3.8, 4) is 11.3 Å². The Morgan fingerprint density at radius 2 is 1.91 bits per heavy atom. The Bertz CT molecular complexity index is 1560. The van der Waals surface area contributed by atoms with Crippen LogP contribution in [0.4, 0.5) is 11.5 Å². The first-order chi connectivity index (χ1) is 15.9. The smallest absolute Gasteiger partial charge is 0.137 e. The first-order valence-electron chi connectivity index (χ1n) is 10.9. The quantitative estimate of drug-likeness (QED) is 0.289. The average molecular weight is 430 g/mol. The molecule has 3 nitrogen and oxygen atoms in total. The fourth-order valence-corrected chi connectivity index (χ4v) is 6.20. The molecule has 7 rings (SSSR count). The van der Waals surface area contributed by atoms with Crippen LogP contribution in [0.1, 0.15) is 22.4 Å². The van der Waals surface area contributed by atoms with Gasteiger partial charge in [0.15, 0.2) is 0 Å². The molecule has 5 aromatic rings. The average Bonchev–Trinajstić information content (AvgIpc) is 3.23. The van der Waals surface area contributed by atoms with Gasteiger partial charge in [-0.3, -0.25) is 4.98 Å². The number of allylic oxidation sites excluding steroid dienone is 1. The van der Waals surface area contributed by atoms with Gasteiger partial charge in [-0.1, -0.05) is 24.3 Å². The summed E-state index contributed by atoms with van der Waals surface area (Å²) in [5.74, 6) is 0.912. The molecule has 152 valence electrons. The van der Waals surface area contributed by atoms with Crippen LogP contribution in [0.2, 0.25) is 0 Å². The number of rotatable bonds is 2. The van der Waals surface area contributed by atoms with Crippen molar-refractivity contribution in [1.29, 1.82) is 0 Å². The number of hydrogen-bond donors (Lipinski definition) is 0. The minimum atomic E-state index is 0.912. The van der Waals surface area contributed by atoms with Crippen LogP contribution in [-0.4, -0.2) is 9.97 Å². The van der Waals surface area contributed by atoms with Crippen LogP contribution in [0.5, 0.6) is 0 Å². The van der Waals surface area contributed by atoms with Crippen molar-refractivity contribution in [1.82, 2.24) is 9.97 Å². The number of aryl methyl sites for hydroxylation is 1. The molecule has 0 bridgehead atoms. The molecule has 3 aromatic heterocycles. The van der Waals surface area contributed by atoms with E-state index in [9.17, 15) is 0 Å². The number of fused-ring (bicyclic) bond motifs is 4. The van der Waals surface area contributed by atoms with Crippen molar-refractivity contribution in [3.63, 3.8) is 0 Å². The number of aromatic nitrogens is 2. The van der Waals surface area contributed by atoms with E-state index in [-0.39, 0.29) is 0 Å². The molecule has 1 aliphatic carbocycles. The van der Waals surface area contributed by atoms with E-state index in [0.717, 1.165) is 29.9 Å². The zero-order valence-corrected chi connectivity index (χ0v) is 18.1. The summed E-state index contributed by atoms with van der Waals surface area (Å²) in [4.78, 5) is 12.8. The van der Waals surface area contributed by atoms with E-state index in [1.165, 1.54) is 42.6 Å². The lowest BCUT2D eigenvalue weighted by Crippen LogP contribution is -2.13. The molecule has 0 saturated heterocycles. The van der Waals surface area contributed by atoms with Crippen molar-refractivity contribution in [3.05, 3.63) is 95.3 Å². The highest BCUT2D eigenvalue weighted by Gasteiger charge is 2.23. The van der Waals surface area contributed by atoms with Gasteiger partial charge in [-0.2, -0.15) is 0 Å². The number of hydrogen-bond acceptors (Lipinski definition) is 4. The summed E-state index contributed by atoms with van der Waals surface area (Å²) in [6, 6.07) is 19.1. The molecule has 0 fully saturated rings. The number of benzene rings is 2. The number of anilines is 2. The molecule has 0 N–H and O–H groups in total. The molecule has 4 heterocycles. The van der Waals surface area contributed by atoms with E-state index < -0.39 is 0 Å². The normalized spacial score (nSPS) is 14.3. The highest BCUT2D eigenvalue weighted by Crippen LogP contribution is 2.46. The summed E-state index contributed by atoms with van der Waals surface area (Å²) < 4.78 is 1.39. The Balaban J connectivity index is 1.39. The van der Waals surface area contributed by atoms with Gasteiger partial charge in [0.05, 0.1) is 11.4 Å². The minimum absolute atomic E-state index is 0.912. The number of nitrogens with zero attached hydrogens (tertiary/aromatic N) is 3. The molecule has 0 amide bonds. The third-order valence-electron chi connectivity index (χ3n) is 6.40. The SMILES string of the molecule is C1=Cc2sc3cc4cccc5c4c(c3c2CC1)C=CN5c1ccc(-c2ccccn2)cn1. The van der Waals surface area contributed by atoms with Crippen molar-refractivity contribution in [2.24, 2.45) is 0 Å². The van der Waals surface area contributed by atoms with Gasteiger partial charge >= 0.3 is 0 Å². The maximum atomic E-state index is 4.79. The van der Waals surface area contributed by atoms with E-state index >= 15 is 0 Å². The van der Waals surface area contributed by atoms with E-state index in [2.05, 4.69) is 70.7 Å². The molecule has 0 atom stereocenters. The van der Waals surface area contributed by atoms with E-state index in [1.54, 1.807) is 0 Å². The highest BCUT2D eigenvalue weighted by molar-refractivity contribution is 7.20. The lowest BCUT2D eigenvalue weighted by atomic mass is 9.92. The Kier molecular flexibility index (Phi) is 3.84. The van der Waals surface area contributed by atoms with E-state index in [1.807, 2.05) is 41.9 Å². The third-order valence-corrected chi connectivity index (χ3v) is 7.55. The van der Waals surface area contributed by atoms with E-state index in [0.29, 0.717) is 0 Å². The first-order valence-corrected chi connectivity index (χ1v) is 11.7. The first kappa shape index (κ1) is 17.9. The molecule has 1 aliphatic heterocycles. The molecule has 2 aromatic carbocycles. The predicted octanol–water partition coefficient (Wildman–Crippen LogP) is 7.59. The molecule has 0 saturated carbocycles. The monoisotopic (exact) mass is 429 g/mol. The molecule has 0 unspecified atom stereocenters. The molecule has 0 spiro atoms. The van der Waals surface area contributed by atoms with Crippen LogP contribution in [0.25, 0.3) is 44.3 Å². The number of pyridine rings is 2. The molecule has 4 heteroatoms. The fraction of sp³-hybridized carbons (Fsp3) is 0.0714. The summed E-state index contributed by atoms with van der Waals surface area (Å²) >= 11 is 1.92. The fourth-order valence-electron chi connectivity index (χ4n) is 4.95. The Morgan fingerprint density at radius 3 is 2.78 bits per heavy atom. The van der Waals surface area contributed by atoms with E-state index in [4.69, 9.17) is 4.98 Å². The van der Waals surface area contributed by atoms with Gasteiger partial charge in [0.1, 0.15) is 5.82 Å². The van der Waals surface area contributed by atoms with Gasteiger partial charge in [0.2, 0.25) is 0 Å². The summed E-state index contributed by atoms with van der Waals surface area (Å²) in [7, 11) is 0.